The Kier molecular flexibility index (Phi) is 5.14. The zero-order chi connectivity index (χ0) is 13.8. The highest BCUT2D eigenvalue weighted by molar-refractivity contribution is 9.09. The van der Waals surface area contributed by atoms with Gasteiger partial charge in [-0.05, 0) is 38.7 Å². The van der Waals surface area contributed by atoms with Crippen LogP contribution in [0.2, 0.25) is 0 Å². The summed E-state index contributed by atoms with van der Waals surface area (Å²) in [6.07, 6.45) is 5.95. The fourth-order valence-corrected chi connectivity index (χ4v) is 2.41. The molecule has 0 spiro atoms. The number of allylic oxidation sites excluding steroid dienone is 2. The molecule has 0 aliphatic heterocycles. The van der Waals surface area contributed by atoms with Gasteiger partial charge in [-0.1, -0.05) is 27.6 Å². The largest absolute Gasteiger partial charge is 0.481 e. The Morgan fingerprint density at radius 1 is 1.39 bits per heavy atom. The molecule has 1 unspecified atom stereocenters. The van der Waals surface area contributed by atoms with Crippen molar-refractivity contribution in [2.24, 2.45) is 5.41 Å². The van der Waals surface area contributed by atoms with Crippen LogP contribution in [0.4, 0.5) is 0 Å². The van der Waals surface area contributed by atoms with Crippen molar-refractivity contribution in [2.75, 3.05) is 5.33 Å². The van der Waals surface area contributed by atoms with Crippen LogP contribution in [0.15, 0.2) is 23.3 Å². The fourth-order valence-electron chi connectivity index (χ4n) is 2.01. The number of halogens is 1. The number of hydrogen-bond acceptors (Lipinski definition) is 2. The number of alkyl halides is 1. The molecule has 0 fully saturated rings. The van der Waals surface area contributed by atoms with E-state index in [9.17, 15) is 14.7 Å². The predicted octanol–water partition coefficient (Wildman–Crippen LogP) is 2.98. The lowest BCUT2D eigenvalue weighted by Crippen LogP contribution is -2.29. The molecule has 0 amide bonds. The van der Waals surface area contributed by atoms with E-state index in [1.807, 2.05) is 0 Å². The van der Waals surface area contributed by atoms with Gasteiger partial charge in [-0.15, -0.1) is 0 Å². The quantitative estimate of drug-likeness (QED) is 0.583. The maximum absolute atomic E-state index is 11.2. The first-order valence-corrected chi connectivity index (χ1v) is 6.96. The van der Waals surface area contributed by atoms with Gasteiger partial charge in [0.2, 0.25) is 0 Å². The second-order valence-electron chi connectivity index (χ2n) is 4.74. The van der Waals surface area contributed by atoms with Crippen LogP contribution >= 0.6 is 15.9 Å². The maximum atomic E-state index is 11.2. The average Bonchev–Trinajstić information content (AvgIpc) is 2.28. The van der Waals surface area contributed by atoms with Crippen molar-refractivity contribution < 1.29 is 19.8 Å². The third kappa shape index (κ3) is 3.70. The van der Waals surface area contributed by atoms with Crippen molar-refractivity contribution in [1.82, 2.24) is 0 Å². The van der Waals surface area contributed by atoms with Gasteiger partial charge in [-0.25, -0.2) is 4.79 Å². The summed E-state index contributed by atoms with van der Waals surface area (Å²) in [4.78, 5) is 22.3. The Balaban J connectivity index is 2.92. The minimum Gasteiger partial charge on any atom is -0.481 e. The van der Waals surface area contributed by atoms with Crippen LogP contribution in [0.3, 0.4) is 0 Å². The van der Waals surface area contributed by atoms with Gasteiger partial charge < -0.3 is 10.2 Å². The van der Waals surface area contributed by atoms with Gasteiger partial charge in [0.25, 0.3) is 0 Å². The van der Waals surface area contributed by atoms with Gasteiger partial charge in [-0.2, -0.15) is 0 Å². The van der Waals surface area contributed by atoms with Crippen molar-refractivity contribution in [2.45, 2.75) is 32.6 Å². The molecule has 0 saturated carbocycles. The van der Waals surface area contributed by atoms with Gasteiger partial charge in [0.15, 0.2) is 0 Å². The van der Waals surface area contributed by atoms with Crippen LogP contribution in [0.25, 0.3) is 0 Å². The maximum Gasteiger partial charge on any atom is 0.331 e. The molecule has 1 aliphatic carbocycles. The van der Waals surface area contributed by atoms with Crippen molar-refractivity contribution in [3.63, 3.8) is 0 Å². The Bertz CT molecular complexity index is 411. The molecular weight excluding hydrogens is 300 g/mol. The van der Waals surface area contributed by atoms with E-state index in [0.29, 0.717) is 6.42 Å². The van der Waals surface area contributed by atoms with Gasteiger partial charge in [0.05, 0.1) is 5.41 Å². The Morgan fingerprint density at radius 2 is 2.06 bits per heavy atom. The Hall–Kier alpha value is -1.10. The molecule has 1 rings (SSSR count). The molecule has 18 heavy (non-hydrogen) atoms. The van der Waals surface area contributed by atoms with E-state index >= 15 is 0 Å². The summed E-state index contributed by atoms with van der Waals surface area (Å²) in [5, 5.41) is 19.2. The van der Waals surface area contributed by atoms with Crippen LogP contribution < -0.4 is 0 Å². The molecule has 4 nitrogen and oxygen atoms in total. The number of carboxylic acids is 2. The van der Waals surface area contributed by atoms with Gasteiger partial charge in [-0.3, -0.25) is 4.79 Å². The van der Waals surface area contributed by atoms with E-state index in [1.165, 1.54) is 0 Å². The molecule has 1 atom stereocenters. The molecule has 5 heteroatoms. The van der Waals surface area contributed by atoms with E-state index in [4.69, 9.17) is 5.11 Å². The lowest BCUT2D eigenvalue weighted by Gasteiger charge is -2.26. The Morgan fingerprint density at radius 3 is 2.56 bits per heavy atom. The highest BCUT2D eigenvalue weighted by Gasteiger charge is 2.36. The lowest BCUT2D eigenvalue weighted by molar-refractivity contribution is -0.145. The molecule has 0 aromatic carbocycles. The molecule has 0 aromatic rings. The van der Waals surface area contributed by atoms with Gasteiger partial charge in [0, 0.05) is 10.9 Å². The van der Waals surface area contributed by atoms with Crippen molar-refractivity contribution in [3.8, 4) is 0 Å². The second kappa shape index (κ2) is 6.18. The molecule has 100 valence electrons. The lowest BCUT2D eigenvalue weighted by atomic mass is 9.77. The number of aliphatic carboxylic acids is 2. The number of hydrogen-bond donors (Lipinski definition) is 2. The summed E-state index contributed by atoms with van der Waals surface area (Å²) < 4.78 is 0. The second-order valence-corrected chi connectivity index (χ2v) is 5.53. The fraction of sp³-hybridized carbons (Fsp3) is 0.538. The third-order valence-corrected chi connectivity index (χ3v) is 3.59. The first-order valence-electron chi connectivity index (χ1n) is 5.84. The van der Waals surface area contributed by atoms with Crippen LogP contribution in [-0.4, -0.2) is 27.5 Å². The highest BCUT2D eigenvalue weighted by Crippen LogP contribution is 2.35. The topological polar surface area (TPSA) is 74.6 Å². The summed E-state index contributed by atoms with van der Waals surface area (Å²) in [6.45, 7) is 1.57. The molecule has 2 N–H and O–H groups in total. The summed E-state index contributed by atoms with van der Waals surface area (Å²) >= 11 is 3.33. The number of rotatable bonds is 6. The zero-order valence-corrected chi connectivity index (χ0v) is 11.9. The van der Waals surface area contributed by atoms with Crippen LogP contribution in [0.1, 0.15) is 32.6 Å². The first-order chi connectivity index (χ1) is 8.39. The highest BCUT2D eigenvalue weighted by atomic mass is 79.9. The standard InChI is InChI=1S/C13H17BrO4/c1-13(12(17)18)7-9(4-2-3-5-14)6-10(8-13)11(15)16/h6-7H,2-5,8H2,1H3,(H,15,16)(H,17,18). The first kappa shape index (κ1) is 15.0. The molecule has 0 radical (unpaired) electrons. The molecule has 0 aromatic heterocycles. The van der Waals surface area contributed by atoms with Crippen molar-refractivity contribution in [3.05, 3.63) is 23.3 Å². The molecule has 0 bridgehead atoms. The van der Waals surface area contributed by atoms with Crippen molar-refractivity contribution >= 4 is 27.9 Å². The summed E-state index contributed by atoms with van der Waals surface area (Å²) in [5.41, 5.74) is -0.118. The van der Waals surface area contributed by atoms with E-state index in [1.54, 1.807) is 19.1 Å². The normalized spacial score (nSPS) is 23.2. The minimum atomic E-state index is -1.10. The van der Waals surface area contributed by atoms with E-state index < -0.39 is 17.4 Å². The van der Waals surface area contributed by atoms with E-state index in [-0.39, 0.29) is 12.0 Å². The number of carboxylic acid groups (broad SMARTS) is 2. The van der Waals surface area contributed by atoms with Crippen LogP contribution in [0, 0.1) is 5.41 Å². The number of carbonyl (C=O) groups is 2. The summed E-state index contributed by atoms with van der Waals surface area (Å²) in [5.74, 6) is -2.01. The minimum absolute atomic E-state index is 0.0413. The third-order valence-electron chi connectivity index (χ3n) is 3.03. The molecular formula is C13H17BrO4. The van der Waals surface area contributed by atoms with Crippen LogP contribution in [-0.2, 0) is 9.59 Å². The molecule has 0 heterocycles. The SMILES string of the molecule is CC1(C(=O)O)C=C(CCCCBr)C=C(C(=O)O)C1. The smallest absolute Gasteiger partial charge is 0.331 e. The van der Waals surface area contributed by atoms with Crippen LogP contribution in [0.5, 0.6) is 0 Å². The summed E-state index contributed by atoms with van der Waals surface area (Å²) in [7, 11) is 0. The van der Waals surface area contributed by atoms with Crippen molar-refractivity contribution in [1.29, 1.82) is 0 Å². The predicted molar refractivity (Wildman–Crippen MR) is 71.8 cm³/mol. The molecule has 0 saturated heterocycles. The average molecular weight is 317 g/mol. The zero-order valence-electron chi connectivity index (χ0n) is 10.3. The monoisotopic (exact) mass is 316 g/mol. The van der Waals surface area contributed by atoms with Gasteiger partial charge in [0.1, 0.15) is 0 Å². The summed E-state index contributed by atoms with van der Waals surface area (Å²) in [6, 6.07) is 0. The van der Waals surface area contributed by atoms with E-state index in [2.05, 4.69) is 15.9 Å². The number of unbranched alkanes of at least 4 members (excludes halogenated alkanes) is 1. The van der Waals surface area contributed by atoms with Gasteiger partial charge >= 0.3 is 11.9 Å². The Labute approximate surface area is 115 Å². The van der Waals surface area contributed by atoms with E-state index in [0.717, 1.165) is 23.7 Å². The molecule has 1 aliphatic rings.